The van der Waals surface area contributed by atoms with Crippen molar-refractivity contribution in [2.75, 3.05) is 18.9 Å². The van der Waals surface area contributed by atoms with Crippen molar-refractivity contribution in [3.05, 3.63) is 16.7 Å². The molecule has 0 bridgehead atoms. The number of nitrogen functional groups attached to an aromatic ring is 1. The van der Waals surface area contributed by atoms with Gasteiger partial charge in [0.05, 0.1) is 25.6 Å². The first-order valence-corrected chi connectivity index (χ1v) is 7.30. The number of imidazole rings is 1. The van der Waals surface area contributed by atoms with Gasteiger partial charge in [-0.1, -0.05) is 0 Å². The second kappa shape index (κ2) is 4.74. The number of aromatic nitrogens is 4. The number of ether oxygens (including phenoxy) is 1. The van der Waals surface area contributed by atoms with Gasteiger partial charge in [-0.2, -0.15) is 4.98 Å². The molecule has 23 heavy (non-hydrogen) atoms. The number of aliphatic hydroxyl groups excluding tert-OH is 3. The van der Waals surface area contributed by atoms with E-state index < -0.39 is 29.4 Å². The number of nitrogens with two attached hydrogens (primary N) is 1. The lowest BCUT2D eigenvalue weighted by molar-refractivity contribution is -0.195. The summed E-state index contributed by atoms with van der Waals surface area (Å²) in [5.41, 5.74) is 4.57. The molecule has 3 heterocycles. The highest BCUT2D eigenvalue weighted by atomic mass is 16.5. The third-order valence-corrected chi connectivity index (χ3v) is 4.96. The molecule has 10 nitrogen and oxygen atoms in total. The van der Waals surface area contributed by atoms with E-state index in [2.05, 4.69) is 15.0 Å². The molecule has 3 unspecified atom stereocenters. The van der Waals surface area contributed by atoms with Crippen LogP contribution in [0.4, 0.5) is 5.95 Å². The first-order chi connectivity index (χ1) is 11.0. The normalized spacial score (nSPS) is 36.1. The molecule has 2 fully saturated rings. The summed E-state index contributed by atoms with van der Waals surface area (Å²) < 4.78 is 7.48. The minimum Gasteiger partial charge on any atom is -0.396 e. The lowest BCUT2D eigenvalue weighted by atomic mass is 9.63. The van der Waals surface area contributed by atoms with Gasteiger partial charge < -0.3 is 25.8 Å². The molecule has 1 saturated carbocycles. The number of H-pyrrole nitrogens is 1. The van der Waals surface area contributed by atoms with E-state index in [1.807, 2.05) is 0 Å². The van der Waals surface area contributed by atoms with Gasteiger partial charge in [-0.15, -0.1) is 0 Å². The largest absolute Gasteiger partial charge is 0.396 e. The van der Waals surface area contributed by atoms with Crippen molar-refractivity contribution in [3.63, 3.8) is 0 Å². The third kappa shape index (κ3) is 1.80. The topological polar surface area (TPSA) is 160 Å². The van der Waals surface area contributed by atoms with E-state index in [1.54, 1.807) is 0 Å². The van der Waals surface area contributed by atoms with Crippen molar-refractivity contribution in [1.82, 2.24) is 19.5 Å². The average molecular weight is 323 g/mol. The fourth-order valence-electron chi connectivity index (χ4n) is 3.92. The molecule has 10 heteroatoms. The fraction of sp³-hybridized carbons (Fsp3) is 0.615. The highest BCUT2D eigenvalue weighted by Crippen LogP contribution is 2.57. The molecule has 1 aliphatic heterocycles. The highest BCUT2D eigenvalue weighted by Gasteiger charge is 2.65. The van der Waals surface area contributed by atoms with E-state index in [-0.39, 0.29) is 36.2 Å². The number of anilines is 1. The highest BCUT2D eigenvalue weighted by molar-refractivity contribution is 5.70. The van der Waals surface area contributed by atoms with Gasteiger partial charge in [-0.25, -0.2) is 4.98 Å². The molecule has 5 atom stereocenters. The maximum absolute atomic E-state index is 11.9. The molecule has 0 radical (unpaired) electrons. The van der Waals surface area contributed by atoms with Crippen LogP contribution in [0.5, 0.6) is 0 Å². The summed E-state index contributed by atoms with van der Waals surface area (Å²) in [4.78, 5) is 22.3. The van der Waals surface area contributed by atoms with E-state index in [9.17, 15) is 20.1 Å². The predicted molar refractivity (Wildman–Crippen MR) is 77.2 cm³/mol. The van der Waals surface area contributed by atoms with Crippen LogP contribution in [-0.2, 0) is 4.74 Å². The van der Waals surface area contributed by atoms with Crippen molar-refractivity contribution < 1.29 is 20.1 Å². The second-order valence-corrected chi connectivity index (χ2v) is 6.15. The van der Waals surface area contributed by atoms with Gasteiger partial charge in [0, 0.05) is 18.3 Å². The SMILES string of the molecule is Nc1nc2c(ncn2[C@H]2O[C@@]3(CO)CC(O)C3C2CO)c(=O)[nH]1. The first kappa shape index (κ1) is 14.6. The number of nitrogens with one attached hydrogen (secondary N) is 1. The fourth-order valence-corrected chi connectivity index (χ4v) is 3.92. The number of aromatic amines is 1. The summed E-state index contributed by atoms with van der Waals surface area (Å²) in [6.07, 6.45) is 0.333. The Kier molecular flexibility index (Phi) is 3.00. The number of fused-ring (bicyclic) bond motifs is 2. The summed E-state index contributed by atoms with van der Waals surface area (Å²) >= 11 is 0. The number of rotatable bonds is 3. The zero-order valence-corrected chi connectivity index (χ0v) is 12.1. The van der Waals surface area contributed by atoms with Gasteiger partial charge in [0.15, 0.2) is 11.2 Å². The van der Waals surface area contributed by atoms with E-state index >= 15 is 0 Å². The van der Waals surface area contributed by atoms with E-state index in [4.69, 9.17) is 10.5 Å². The Morgan fingerprint density at radius 3 is 2.96 bits per heavy atom. The molecule has 4 rings (SSSR count). The van der Waals surface area contributed by atoms with E-state index in [1.165, 1.54) is 10.9 Å². The number of aliphatic hydroxyl groups is 3. The van der Waals surface area contributed by atoms with Gasteiger partial charge in [0.25, 0.3) is 5.56 Å². The van der Waals surface area contributed by atoms with Crippen LogP contribution in [-0.4, -0.2) is 59.8 Å². The lowest BCUT2D eigenvalue weighted by Crippen LogP contribution is -2.59. The van der Waals surface area contributed by atoms with Gasteiger partial charge >= 0.3 is 0 Å². The average Bonchev–Trinajstić information content (AvgIpc) is 3.03. The Balaban J connectivity index is 1.83. The molecular weight excluding hydrogens is 306 g/mol. The van der Waals surface area contributed by atoms with Gasteiger partial charge in [0.2, 0.25) is 5.95 Å². The van der Waals surface area contributed by atoms with Crippen molar-refractivity contribution in [2.45, 2.75) is 24.4 Å². The zero-order valence-electron chi connectivity index (χ0n) is 12.1. The van der Waals surface area contributed by atoms with Crippen LogP contribution in [0.25, 0.3) is 11.2 Å². The van der Waals surface area contributed by atoms with Crippen LogP contribution in [0.3, 0.4) is 0 Å². The second-order valence-electron chi connectivity index (χ2n) is 6.15. The first-order valence-electron chi connectivity index (χ1n) is 7.30. The summed E-state index contributed by atoms with van der Waals surface area (Å²) in [7, 11) is 0. The minimum atomic E-state index is -0.888. The monoisotopic (exact) mass is 323 g/mol. The standard InChI is InChI=1S/C13H17N5O5/c14-12-16-9-8(10(22)17-12)15-4-18(9)11-5(2-19)7-6(21)1-13(7,3-20)23-11/h4-7,11,19-21H,1-3H2,(H3,14,16,17,22)/t5?,6?,7?,11-,13+/m0/s1. The zero-order chi connectivity index (χ0) is 16.4. The summed E-state index contributed by atoms with van der Waals surface area (Å²) in [5, 5.41) is 29.4. The van der Waals surface area contributed by atoms with Crippen LogP contribution in [0, 0.1) is 11.8 Å². The Bertz CT molecular complexity index is 819. The summed E-state index contributed by atoms with van der Waals surface area (Å²) in [6, 6.07) is 0. The van der Waals surface area contributed by atoms with Crippen molar-refractivity contribution in [3.8, 4) is 0 Å². The predicted octanol–water partition coefficient (Wildman–Crippen LogP) is -2.05. The van der Waals surface area contributed by atoms with Gasteiger partial charge in [-0.3, -0.25) is 14.3 Å². The lowest BCUT2D eigenvalue weighted by Gasteiger charge is -2.47. The number of hydrogen-bond donors (Lipinski definition) is 5. The maximum Gasteiger partial charge on any atom is 0.280 e. The quantitative estimate of drug-likeness (QED) is 0.431. The van der Waals surface area contributed by atoms with Crippen molar-refractivity contribution in [2.24, 2.45) is 11.8 Å². The van der Waals surface area contributed by atoms with Crippen LogP contribution in [0.2, 0.25) is 0 Å². The van der Waals surface area contributed by atoms with Gasteiger partial charge in [-0.05, 0) is 0 Å². The van der Waals surface area contributed by atoms with Crippen LogP contribution in [0.1, 0.15) is 12.6 Å². The summed E-state index contributed by atoms with van der Waals surface area (Å²) in [5.74, 6) is -0.896. The van der Waals surface area contributed by atoms with Crippen LogP contribution < -0.4 is 11.3 Å². The molecule has 2 aliphatic rings. The third-order valence-electron chi connectivity index (χ3n) is 4.96. The molecule has 0 aromatic carbocycles. The van der Waals surface area contributed by atoms with Crippen LogP contribution >= 0.6 is 0 Å². The van der Waals surface area contributed by atoms with Crippen molar-refractivity contribution >= 4 is 17.1 Å². The molecule has 0 spiro atoms. The number of hydrogen-bond acceptors (Lipinski definition) is 8. The van der Waals surface area contributed by atoms with E-state index in [0.29, 0.717) is 6.42 Å². The molecular formula is C13H17N5O5. The molecule has 124 valence electrons. The Morgan fingerprint density at radius 2 is 2.30 bits per heavy atom. The van der Waals surface area contributed by atoms with E-state index in [0.717, 1.165) is 0 Å². The Hall–Kier alpha value is -2.01. The van der Waals surface area contributed by atoms with Gasteiger partial charge in [0.1, 0.15) is 11.8 Å². The molecule has 0 amide bonds. The minimum absolute atomic E-state index is 0.0531. The smallest absolute Gasteiger partial charge is 0.280 e. The molecule has 2 aromatic rings. The molecule has 6 N–H and O–H groups in total. The molecule has 2 aromatic heterocycles. The Morgan fingerprint density at radius 1 is 1.52 bits per heavy atom. The Labute approximate surface area is 129 Å². The summed E-state index contributed by atoms with van der Waals surface area (Å²) in [6.45, 7) is -0.503. The molecule has 1 saturated heterocycles. The molecule has 1 aliphatic carbocycles. The van der Waals surface area contributed by atoms with Crippen LogP contribution in [0.15, 0.2) is 11.1 Å². The number of nitrogens with zero attached hydrogens (tertiary/aromatic N) is 3. The van der Waals surface area contributed by atoms with Crippen molar-refractivity contribution in [1.29, 1.82) is 0 Å². The maximum atomic E-state index is 11.9.